The Hall–Kier alpha value is 0. The normalized spacial score (nSPS) is 52.5. The van der Waals surface area contributed by atoms with Crippen LogP contribution in [0.4, 0.5) is 0 Å². The number of fused-ring (bicyclic) bond motifs is 1. The van der Waals surface area contributed by atoms with Gasteiger partial charge in [0.1, 0.15) is 0 Å². The van der Waals surface area contributed by atoms with Crippen LogP contribution in [0.2, 0.25) is 0 Å². The molecule has 0 heteroatoms. The Morgan fingerprint density at radius 1 is 0.714 bits per heavy atom. The third-order valence-electron chi connectivity index (χ3n) is 5.36. The van der Waals surface area contributed by atoms with E-state index in [1.807, 2.05) is 0 Å². The van der Waals surface area contributed by atoms with Crippen molar-refractivity contribution in [3.05, 3.63) is 0 Å². The molecule has 0 saturated heterocycles. The Labute approximate surface area is 88.5 Å². The average Bonchev–Trinajstić information content (AvgIpc) is 2.95. The predicted octanol–water partition coefficient (Wildman–Crippen LogP) is 4.25. The van der Waals surface area contributed by atoms with Crippen LogP contribution in [0, 0.1) is 29.6 Å². The molecule has 3 fully saturated rings. The fourth-order valence-electron chi connectivity index (χ4n) is 4.31. The SMILES string of the molecule is CC1CC1C1CCC2CCCCC2C1. The van der Waals surface area contributed by atoms with Crippen molar-refractivity contribution in [3.63, 3.8) is 0 Å². The van der Waals surface area contributed by atoms with Crippen LogP contribution in [0.1, 0.15) is 58.3 Å². The number of hydrogen-bond donors (Lipinski definition) is 0. The molecule has 0 nitrogen and oxygen atoms in total. The van der Waals surface area contributed by atoms with Gasteiger partial charge in [-0.15, -0.1) is 0 Å². The van der Waals surface area contributed by atoms with Gasteiger partial charge in [0.25, 0.3) is 0 Å². The highest BCUT2D eigenvalue weighted by molar-refractivity contribution is 4.93. The van der Waals surface area contributed by atoms with E-state index in [4.69, 9.17) is 0 Å². The molecule has 0 heterocycles. The van der Waals surface area contributed by atoms with Crippen LogP contribution in [0.15, 0.2) is 0 Å². The number of hydrogen-bond acceptors (Lipinski definition) is 0. The molecule has 3 aliphatic rings. The summed E-state index contributed by atoms with van der Waals surface area (Å²) in [5.74, 6) is 5.67. The fourth-order valence-corrected chi connectivity index (χ4v) is 4.31. The van der Waals surface area contributed by atoms with Crippen molar-refractivity contribution in [1.82, 2.24) is 0 Å². The van der Waals surface area contributed by atoms with E-state index in [0.29, 0.717) is 0 Å². The van der Waals surface area contributed by atoms with Crippen LogP contribution in [0.25, 0.3) is 0 Å². The minimum absolute atomic E-state index is 1.08. The summed E-state index contributed by atoms with van der Waals surface area (Å²) < 4.78 is 0. The average molecular weight is 192 g/mol. The number of rotatable bonds is 1. The van der Waals surface area contributed by atoms with Crippen molar-refractivity contribution in [2.45, 2.75) is 58.3 Å². The van der Waals surface area contributed by atoms with Crippen molar-refractivity contribution in [3.8, 4) is 0 Å². The molecule has 0 aromatic carbocycles. The smallest absolute Gasteiger partial charge is 0.0357 e. The first-order chi connectivity index (χ1) is 6.84. The van der Waals surface area contributed by atoms with E-state index in [9.17, 15) is 0 Å². The molecule has 3 aliphatic carbocycles. The maximum Gasteiger partial charge on any atom is -0.0357 e. The molecular formula is C14H24. The third-order valence-corrected chi connectivity index (χ3v) is 5.36. The molecule has 5 atom stereocenters. The van der Waals surface area contributed by atoms with Crippen molar-refractivity contribution >= 4 is 0 Å². The van der Waals surface area contributed by atoms with Gasteiger partial charge in [0.15, 0.2) is 0 Å². The summed E-state index contributed by atoms with van der Waals surface area (Å²) in [7, 11) is 0. The third kappa shape index (κ3) is 1.61. The van der Waals surface area contributed by atoms with E-state index >= 15 is 0 Å². The van der Waals surface area contributed by atoms with Crippen molar-refractivity contribution in [2.24, 2.45) is 29.6 Å². The highest BCUT2D eigenvalue weighted by atomic mass is 14.5. The molecule has 0 aromatic heterocycles. The first-order valence-electron chi connectivity index (χ1n) is 6.84. The van der Waals surface area contributed by atoms with Crippen LogP contribution in [0.5, 0.6) is 0 Å². The van der Waals surface area contributed by atoms with Gasteiger partial charge in [0, 0.05) is 0 Å². The zero-order valence-corrected chi connectivity index (χ0v) is 9.54. The van der Waals surface area contributed by atoms with E-state index in [0.717, 1.165) is 29.6 Å². The lowest BCUT2D eigenvalue weighted by Gasteiger charge is -2.39. The largest absolute Gasteiger partial charge is 0.0622 e. The van der Waals surface area contributed by atoms with E-state index in [1.165, 1.54) is 12.8 Å². The first-order valence-corrected chi connectivity index (χ1v) is 6.84. The molecule has 3 saturated carbocycles. The van der Waals surface area contributed by atoms with Gasteiger partial charge < -0.3 is 0 Å². The summed E-state index contributed by atoms with van der Waals surface area (Å²) in [6, 6.07) is 0. The Morgan fingerprint density at radius 3 is 2.07 bits per heavy atom. The van der Waals surface area contributed by atoms with Crippen LogP contribution < -0.4 is 0 Å². The lowest BCUT2D eigenvalue weighted by Crippen LogP contribution is -2.28. The fraction of sp³-hybridized carbons (Fsp3) is 1.00. The van der Waals surface area contributed by atoms with Gasteiger partial charge in [0.05, 0.1) is 0 Å². The van der Waals surface area contributed by atoms with Gasteiger partial charge in [-0.3, -0.25) is 0 Å². The summed E-state index contributed by atoms with van der Waals surface area (Å²) >= 11 is 0. The molecule has 0 aliphatic heterocycles. The monoisotopic (exact) mass is 192 g/mol. The Morgan fingerprint density at radius 2 is 1.36 bits per heavy atom. The van der Waals surface area contributed by atoms with E-state index in [1.54, 1.807) is 38.5 Å². The van der Waals surface area contributed by atoms with Gasteiger partial charge in [-0.1, -0.05) is 32.6 Å². The van der Waals surface area contributed by atoms with Crippen LogP contribution in [-0.4, -0.2) is 0 Å². The second-order valence-electron chi connectivity index (χ2n) is 6.25. The second kappa shape index (κ2) is 3.54. The molecule has 3 rings (SSSR count). The first kappa shape index (κ1) is 9.24. The summed E-state index contributed by atoms with van der Waals surface area (Å²) in [6.45, 7) is 2.46. The van der Waals surface area contributed by atoms with Crippen molar-refractivity contribution in [2.75, 3.05) is 0 Å². The maximum atomic E-state index is 2.46. The highest BCUT2D eigenvalue weighted by Gasteiger charge is 2.43. The van der Waals surface area contributed by atoms with E-state index < -0.39 is 0 Å². The van der Waals surface area contributed by atoms with Gasteiger partial charge in [-0.2, -0.15) is 0 Å². The van der Waals surface area contributed by atoms with Gasteiger partial charge in [-0.25, -0.2) is 0 Å². The summed E-state index contributed by atoms with van der Waals surface area (Å²) in [5, 5.41) is 0. The second-order valence-corrected chi connectivity index (χ2v) is 6.25. The molecule has 0 radical (unpaired) electrons. The molecule has 0 aromatic rings. The lowest BCUT2D eigenvalue weighted by molar-refractivity contribution is 0.117. The Balaban J connectivity index is 1.60. The molecule has 0 amide bonds. The van der Waals surface area contributed by atoms with Crippen LogP contribution >= 0.6 is 0 Å². The summed E-state index contributed by atoms with van der Waals surface area (Å²) in [6.07, 6.45) is 12.5. The summed E-state index contributed by atoms with van der Waals surface area (Å²) in [4.78, 5) is 0. The van der Waals surface area contributed by atoms with Crippen LogP contribution in [-0.2, 0) is 0 Å². The molecule has 80 valence electrons. The van der Waals surface area contributed by atoms with Gasteiger partial charge >= 0.3 is 0 Å². The molecular weight excluding hydrogens is 168 g/mol. The predicted molar refractivity (Wildman–Crippen MR) is 60.1 cm³/mol. The molecule has 0 bridgehead atoms. The highest BCUT2D eigenvalue weighted by Crippen LogP contribution is 2.53. The minimum atomic E-state index is 1.08. The van der Waals surface area contributed by atoms with Gasteiger partial charge in [-0.05, 0) is 55.3 Å². The maximum absolute atomic E-state index is 2.46. The van der Waals surface area contributed by atoms with Crippen molar-refractivity contribution < 1.29 is 0 Å². The lowest BCUT2D eigenvalue weighted by atomic mass is 9.66. The quantitative estimate of drug-likeness (QED) is 0.582. The zero-order valence-electron chi connectivity index (χ0n) is 9.54. The summed E-state index contributed by atoms with van der Waals surface area (Å²) in [5.41, 5.74) is 0. The Bertz CT molecular complexity index is 208. The topological polar surface area (TPSA) is 0 Å². The molecule has 14 heavy (non-hydrogen) atoms. The van der Waals surface area contributed by atoms with Crippen LogP contribution in [0.3, 0.4) is 0 Å². The molecule has 0 N–H and O–H groups in total. The van der Waals surface area contributed by atoms with Gasteiger partial charge in [0.2, 0.25) is 0 Å². The standard InChI is InChI=1S/C14H24/c1-10-8-14(10)13-7-6-11-4-2-3-5-12(11)9-13/h10-14H,2-9H2,1H3. The molecule has 5 unspecified atom stereocenters. The zero-order chi connectivity index (χ0) is 9.54. The minimum Gasteiger partial charge on any atom is -0.0622 e. The Kier molecular flexibility index (Phi) is 2.34. The van der Waals surface area contributed by atoms with E-state index in [-0.39, 0.29) is 0 Å². The van der Waals surface area contributed by atoms with Crippen molar-refractivity contribution in [1.29, 1.82) is 0 Å². The molecule has 0 spiro atoms. The van der Waals surface area contributed by atoms with E-state index in [2.05, 4.69) is 6.92 Å².